The minimum absolute atomic E-state index is 0.0336. The van der Waals surface area contributed by atoms with Gasteiger partial charge in [-0.3, -0.25) is 4.79 Å². The Hall–Kier alpha value is -2.07. The van der Waals surface area contributed by atoms with Gasteiger partial charge in [0.1, 0.15) is 5.76 Å². The zero-order valence-corrected chi connectivity index (χ0v) is 12.4. The van der Waals surface area contributed by atoms with Crippen molar-refractivity contribution < 1.29 is 9.21 Å². The molecule has 1 N–H and O–H groups in total. The third-order valence-electron chi connectivity index (χ3n) is 3.94. The molecule has 0 radical (unpaired) electrons. The number of furan rings is 1. The van der Waals surface area contributed by atoms with Crippen molar-refractivity contribution in [2.45, 2.75) is 25.8 Å². The average molecular weight is 284 g/mol. The third-order valence-corrected chi connectivity index (χ3v) is 3.94. The van der Waals surface area contributed by atoms with Crippen molar-refractivity contribution in [1.82, 2.24) is 5.32 Å². The second kappa shape index (κ2) is 5.74. The van der Waals surface area contributed by atoms with Gasteiger partial charge in [0.05, 0.1) is 18.7 Å². The van der Waals surface area contributed by atoms with Crippen molar-refractivity contribution >= 4 is 11.6 Å². The SMILES string of the molecule is CCCNC(c1ccc2c(c1)CC(=O)N2C)c1ccco1. The minimum atomic E-state index is 0.0336. The molecule has 0 aliphatic carbocycles. The second-order valence-corrected chi connectivity index (χ2v) is 5.42. The maximum absolute atomic E-state index is 11.8. The molecule has 1 aliphatic rings. The van der Waals surface area contributed by atoms with Crippen LogP contribution in [0.5, 0.6) is 0 Å². The lowest BCUT2D eigenvalue weighted by atomic mass is 10.0. The van der Waals surface area contributed by atoms with E-state index in [1.807, 2.05) is 25.2 Å². The number of benzene rings is 1. The molecule has 0 saturated carbocycles. The van der Waals surface area contributed by atoms with Crippen LogP contribution < -0.4 is 10.2 Å². The van der Waals surface area contributed by atoms with Gasteiger partial charge in [0.2, 0.25) is 5.91 Å². The summed E-state index contributed by atoms with van der Waals surface area (Å²) in [6, 6.07) is 10.1. The van der Waals surface area contributed by atoms with Crippen LogP contribution in [0.3, 0.4) is 0 Å². The maximum Gasteiger partial charge on any atom is 0.231 e. The summed E-state index contributed by atoms with van der Waals surface area (Å²) in [4.78, 5) is 13.5. The van der Waals surface area contributed by atoms with E-state index in [2.05, 4.69) is 24.4 Å². The topological polar surface area (TPSA) is 45.5 Å². The Bertz CT molecular complexity index is 634. The van der Waals surface area contributed by atoms with Crippen LogP contribution in [0.4, 0.5) is 5.69 Å². The minimum Gasteiger partial charge on any atom is -0.467 e. The number of carbonyl (C=O) groups excluding carboxylic acids is 1. The van der Waals surface area contributed by atoms with Gasteiger partial charge in [-0.1, -0.05) is 19.1 Å². The first-order valence-corrected chi connectivity index (χ1v) is 7.37. The van der Waals surface area contributed by atoms with Crippen LogP contribution in [-0.2, 0) is 11.2 Å². The molecule has 110 valence electrons. The number of nitrogens with zero attached hydrogens (tertiary/aromatic N) is 1. The maximum atomic E-state index is 11.8. The zero-order valence-electron chi connectivity index (χ0n) is 12.4. The average Bonchev–Trinajstić information content (AvgIpc) is 3.09. The molecule has 0 bridgehead atoms. The molecule has 2 heterocycles. The lowest BCUT2D eigenvalue weighted by Gasteiger charge is -2.18. The largest absolute Gasteiger partial charge is 0.467 e. The fourth-order valence-corrected chi connectivity index (χ4v) is 2.80. The summed E-state index contributed by atoms with van der Waals surface area (Å²) in [5.41, 5.74) is 3.24. The van der Waals surface area contributed by atoms with Crippen molar-refractivity contribution in [3.8, 4) is 0 Å². The molecule has 1 aromatic carbocycles. The van der Waals surface area contributed by atoms with Gasteiger partial charge in [0, 0.05) is 12.7 Å². The Morgan fingerprint density at radius 1 is 1.38 bits per heavy atom. The summed E-state index contributed by atoms with van der Waals surface area (Å²) in [7, 11) is 1.83. The van der Waals surface area contributed by atoms with Gasteiger partial charge in [-0.05, 0) is 42.3 Å². The molecule has 1 atom stereocenters. The fourth-order valence-electron chi connectivity index (χ4n) is 2.80. The molecule has 4 heteroatoms. The first-order chi connectivity index (χ1) is 10.2. The zero-order chi connectivity index (χ0) is 14.8. The van der Waals surface area contributed by atoms with Crippen LogP contribution in [0.25, 0.3) is 0 Å². The molecule has 2 aromatic rings. The smallest absolute Gasteiger partial charge is 0.231 e. The van der Waals surface area contributed by atoms with Crippen molar-refractivity contribution in [1.29, 1.82) is 0 Å². The van der Waals surface area contributed by atoms with Crippen LogP contribution in [0.1, 0.15) is 36.3 Å². The van der Waals surface area contributed by atoms with Crippen molar-refractivity contribution in [2.75, 3.05) is 18.5 Å². The predicted octanol–water partition coefficient (Wildman–Crippen LogP) is 2.89. The standard InChI is InChI=1S/C17H20N2O2/c1-3-8-18-17(15-5-4-9-21-15)12-6-7-14-13(10-12)11-16(20)19(14)2/h4-7,9-10,17-18H,3,8,11H2,1-2H3. The monoisotopic (exact) mass is 284 g/mol. The number of carbonyl (C=O) groups is 1. The predicted molar refractivity (Wildman–Crippen MR) is 82.4 cm³/mol. The Morgan fingerprint density at radius 3 is 2.95 bits per heavy atom. The molecule has 0 spiro atoms. The first-order valence-electron chi connectivity index (χ1n) is 7.37. The van der Waals surface area contributed by atoms with Crippen LogP contribution in [0.15, 0.2) is 41.0 Å². The lowest BCUT2D eigenvalue weighted by Crippen LogP contribution is -2.23. The quantitative estimate of drug-likeness (QED) is 0.918. The summed E-state index contributed by atoms with van der Waals surface area (Å²) >= 11 is 0. The van der Waals surface area contributed by atoms with E-state index in [1.165, 1.54) is 0 Å². The number of anilines is 1. The van der Waals surface area contributed by atoms with E-state index in [1.54, 1.807) is 11.2 Å². The summed E-state index contributed by atoms with van der Waals surface area (Å²) < 4.78 is 5.57. The molecular weight excluding hydrogens is 264 g/mol. The molecular formula is C17H20N2O2. The van der Waals surface area contributed by atoms with Gasteiger partial charge in [-0.25, -0.2) is 0 Å². The lowest BCUT2D eigenvalue weighted by molar-refractivity contribution is -0.117. The summed E-state index contributed by atoms with van der Waals surface area (Å²) in [5.74, 6) is 1.05. The van der Waals surface area contributed by atoms with Gasteiger partial charge in [-0.2, -0.15) is 0 Å². The fraction of sp³-hybridized carbons (Fsp3) is 0.353. The molecule has 4 nitrogen and oxygen atoms in total. The van der Waals surface area contributed by atoms with Crippen LogP contribution in [0, 0.1) is 0 Å². The van der Waals surface area contributed by atoms with Crippen LogP contribution >= 0.6 is 0 Å². The number of hydrogen-bond donors (Lipinski definition) is 1. The van der Waals surface area contributed by atoms with Gasteiger partial charge < -0.3 is 14.6 Å². The van der Waals surface area contributed by atoms with Crippen molar-refractivity contribution in [3.63, 3.8) is 0 Å². The second-order valence-electron chi connectivity index (χ2n) is 5.42. The van der Waals surface area contributed by atoms with E-state index in [4.69, 9.17) is 4.42 Å². The molecule has 21 heavy (non-hydrogen) atoms. The number of fused-ring (bicyclic) bond motifs is 1. The number of likely N-dealkylation sites (N-methyl/N-ethyl adjacent to an activating group) is 1. The Kier molecular flexibility index (Phi) is 3.80. The highest BCUT2D eigenvalue weighted by Gasteiger charge is 2.25. The molecule has 1 unspecified atom stereocenters. The third kappa shape index (κ3) is 2.59. The number of hydrogen-bond acceptors (Lipinski definition) is 3. The highest BCUT2D eigenvalue weighted by molar-refractivity contribution is 6.00. The van der Waals surface area contributed by atoms with E-state index in [0.29, 0.717) is 6.42 Å². The summed E-state index contributed by atoms with van der Waals surface area (Å²) in [6.07, 6.45) is 3.24. The number of nitrogens with one attached hydrogen (secondary N) is 1. The molecule has 3 rings (SSSR count). The Labute approximate surface area is 124 Å². The molecule has 1 amide bonds. The van der Waals surface area contributed by atoms with E-state index < -0.39 is 0 Å². The van der Waals surface area contributed by atoms with Crippen molar-refractivity contribution in [3.05, 3.63) is 53.5 Å². The molecule has 1 aliphatic heterocycles. The van der Waals surface area contributed by atoms with Gasteiger partial charge in [0.15, 0.2) is 0 Å². The number of amides is 1. The molecule has 0 fully saturated rings. The molecule has 1 aromatic heterocycles. The van der Waals surface area contributed by atoms with Gasteiger partial charge >= 0.3 is 0 Å². The normalized spacial score (nSPS) is 15.3. The Balaban J connectivity index is 1.94. The summed E-state index contributed by atoms with van der Waals surface area (Å²) in [6.45, 7) is 3.06. The van der Waals surface area contributed by atoms with E-state index in [9.17, 15) is 4.79 Å². The first kappa shape index (κ1) is 13.9. The Morgan fingerprint density at radius 2 is 2.24 bits per heavy atom. The highest BCUT2D eigenvalue weighted by atomic mass is 16.3. The van der Waals surface area contributed by atoms with E-state index in [-0.39, 0.29) is 11.9 Å². The summed E-state index contributed by atoms with van der Waals surface area (Å²) in [5, 5.41) is 3.51. The highest BCUT2D eigenvalue weighted by Crippen LogP contribution is 2.32. The van der Waals surface area contributed by atoms with Crippen LogP contribution in [0.2, 0.25) is 0 Å². The van der Waals surface area contributed by atoms with Crippen molar-refractivity contribution in [2.24, 2.45) is 0 Å². The molecule has 0 saturated heterocycles. The van der Waals surface area contributed by atoms with Gasteiger partial charge in [0.25, 0.3) is 0 Å². The van der Waals surface area contributed by atoms with Crippen LogP contribution in [-0.4, -0.2) is 19.5 Å². The van der Waals surface area contributed by atoms with Gasteiger partial charge in [-0.15, -0.1) is 0 Å². The van der Waals surface area contributed by atoms with E-state index in [0.717, 1.165) is 35.5 Å². The van der Waals surface area contributed by atoms with E-state index >= 15 is 0 Å². The number of rotatable bonds is 5.